The summed E-state index contributed by atoms with van der Waals surface area (Å²) in [6.45, 7) is 5.42. The number of rotatable bonds is 6. The van der Waals surface area contributed by atoms with E-state index in [0.717, 1.165) is 16.9 Å². The molecular weight excluding hydrogens is 305 g/mol. The Kier molecular flexibility index (Phi) is 5.92. The highest BCUT2D eigenvalue weighted by atomic mass is 35.5. The molecule has 112 valence electrons. The summed E-state index contributed by atoms with van der Waals surface area (Å²) < 4.78 is 5.63. The Bertz CT molecular complexity index is 601. The molecule has 0 amide bonds. The van der Waals surface area contributed by atoms with E-state index in [1.807, 2.05) is 37.3 Å². The van der Waals surface area contributed by atoms with Gasteiger partial charge in [0.1, 0.15) is 5.75 Å². The van der Waals surface area contributed by atoms with Crippen molar-refractivity contribution in [1.82, 2.24) is 5.32 Å². The van der Waals surface area contributed by atoms with Crippen LogP contribution >= 0.6 is 23.2 Å². The van der Waals surface area contributed by atoms with Crippen LogP contribution in [-0.4, -0.2) is 6.61 Å². The van der Waals surface area contributed by atoms with E-state index in [1.54, 1.807) is 6.07 Å². The molecule has 2 aromatic carbocycles. The highest BCUT2D eigenvalue weighted by Crippen LogP contribution is 2.30. The van der Waals surface area contributed by atoms with Crippen molar-refractivity contribution in [2.75, 3.05) is 6.61 Å². The molecule has 0 saturated heterocycles. The molecular formula is C17H19Cl2NO. The van der Waals surface area contributed by atoms with E-state index in [1.165, 1.54) is 0 Å². The first kappa shape index (κ1) is 16.2. The highest BCUT2D eigenvalue weighted by Gasteiger charge is 2.12. The number of hydrogen-bond acceptors (Lipinski definition) is 2. The molecule has 0 aliphatic heterocycles. The summed E-state index contributed by atoms with van der Waals surface area (Å²) >= 11 is 12.3. The van der Waals surface area contributed by atoms with Gasteiger partial charge in [0.2, 0.25) is 0 Å². The van der Waals surface area contributed by atoms with E-state index in [0.29, 0.717) is 23.2 Å². The van der Waals surface area contributed by atoms with Gasteiger partial charge in [0.05, 0.1) is 16.7 Å². The molecule has 0 radical (unpaired) electrons. The Labute approximate surface area is 136 Å². The minimum atomic E-state index is 0.103. The Balaban J connectivity index is 2.07. The van der Waals surface area contributed by atoms with E-state index in [2.05, 4.69) is 18.3 Å². The van der Waals surface area contributed by atoms with Gasteiger partial charge >= 0.3 is 0 Å². The lowest BCUT2D eigenvalue weighted by Gasteiger charge is -2.17. The zero-order chi connectivity index (χ0) is 15.2. The van der Waals surface area contributed by atoms with Crippen molar-refractivity contribution in [3.05, 3.63) is 63.6 Å². The molecule has 0 heterocycles. The van der Waals surface area contributed by atoms with Gasteiger partial charge in [0.25, 0.3) is 0 Å². The maximum atomic E-state index is 6.25. The first-order valence-corrected chi connectivity index (χ1v) is 7.77. The molecule has 0 bridgehead atoms. The zero-order valence-corrected chi connectivity index (χ0v) is 13.7. The number of hydrogen-bond donors (Lipinski definition) is 1. The summed E-state index contributed by atoms with van der Waals surface area (Å²) in [7, 11) is 0. The third-order valence-electron chi connectivity index (χ3n) is 3.32. The molecule has 1 atom stereocenters. The highest BCUT2D eigenvalue weighted by molar-refractivity contribution is 6.42. The van der Waals surface area contributed by atoms with Gasteiger partial charge in [-0.3, -0.25) is 0 Å². The summed E-state index contributed by atoms with van der Waals surface area (Å²) in [6.07, 6.45) is 0. The quantitative estimate of drug-likeness (QED) is 0.784. The second kappa shape index (κ2) is 7.69. The third-order valence-corrected chi connectivity index (χ3v) is 4.15. The largest absolute Gasteiger partial charge is 0.494 e. The van der Waals surface area contributed by atoms with Crippen molar-refractivity contribution < 1.29 is 4.74 Å². The molecule has 4 heteroatoms. The molecule has 1 unspecified atom stereocenters. The molecule has 1 N–H and O–H groups in total. The molecule has 0 fully saturated rings. The summed E-state index contributed by atoms with van der Waals surface area (Å²) in [6, 6.07) is 13.8. The van der Waals surface area contributed by atoms with Crippen LogP contribution in [0.2, 0.25) is 10.0 Å². The lowest BCUT2D eigenvalue weighted by atomic mass is 10.1. The second-order valence-electron chi connectivity index (χ2n) is 4.79. The van der Waals surface area contributed by atoms with Gasteiger partial charge < -0.3 is 10.1 Å². The maximum Gasteiger partial charge on any atom is 0.123 e. The summed E-state index contributed by atoms with van der Waals surface area (Å²) in [5.74, 6) is 0.914. The molecule has 0 aromatic heterocycles. The lowest BCUT2D eigenvalue weighted by Crippen LogP contribution is -2.19. The van der Waals surface area contributed by atoms with Gasteiger partial charge in [0.15, 0.2) is 0 Å². The Morgan fingerprint density at radius 3 is 2.62 bits per heavy atom. The van der Waals surface area contributed by atoms with Crippen LogP contribution in [0.5, 0.6) is 5.75 Å². The van der Waals surface area contributed by atoms with Crippen molar-refractivity contribution in [3.63, 3.8) is 0 Å². The molecule has 0 aliphatic rings. The van der Waals surface area contributed by atoms with Crippen molar-refractivity contribution in [2.24, 2.45) is 0 Å². The number of halogens is 2. The van der Waals surface area contributed by atoms with E-state index in [9.17, 15) is 0 Å². The maximum absolute atomic E-state index is 6.25. The van der Waals surface area contributed by atoms with Crippen LogP contribution in [0.3, 0.4) is 0 Å². The molecule has 2 nitrogen and oxygen atoms in total. The van der Waals surface area contributed by atoms with E-state index in [-0.39, 0.29) is 6.04 Å². The lowest BCUT2D eigenvalue weighted by molar-refractivity contribution is 0.335. The van der Waals surface area contributed by atoms with Crippen molar-refractivity contribution in [2.45, 2.75) is 26.4 Å². The fourth-order valence-electron chi connectivity index (χ4n) is 2.17. The fraction of sp³-hybridized carbons (Fsp3) is 0.294. The Morgan fingerprint density at radius 2 is 1.86 bits per heavy atom. The van der Waals surface area contributed by atoms with Gasteiger partial charge in [-0.25, -0.2) is 0 Å². The van der Waals surface area contributed by atoms with Crippen molar-refractivity contribution in [3.8, 4) is 5.75 Å². The molecule has 0 aliphatic carbocycles. The standard InChI is InChI=1S/C17H19Cl2NO/c1-3-21-16-10-5-4-7-13(16)11-20-12(2)14-8-6-9-15(18)17(14)19/h4-10,12,20H,3,11H2,1-2H3. The molecule has 0 spiro atoms. The minimum Gasteiger partial charge on any atom is -0.494 e. The van der Waals surface area contributed by atoms with Crippen LogP contribution in [0.4, 0.5) is 0 Å². The third kappa shape index (κ3) is 4.13. The molecule has 21 heavy (non-hydrogen) atoms. The van der Waals surface area contributed by atoms with Gasteiger partial charge in [-0.1, -0.05) is 53.5 Å². The number of benzene rings is 2. The summed E-state index contributed by atoms with van der Waals surface area (Å²) in [5.41, 5.74) is 2.13. The monoisotopic (exact) mass is 323 g/mol. The SMILES string of the molecule is CCOc1ccccc1CNC(C)c1cccc(Cl)c1Cl. The predicted octanol–water partition coefficient (Wildman–Crippen LogP) is 5.24. The number of ether oxygens (including phenoxy) is 1. The number of nitrogens with one attached hydrogen (secondary N) is 1. The average molecular weight is 324 g/mol. The van der Waals surface area contributed by atoms with E-state index in [4.69, 9.17) is 27.9 Å². The van der Waals surface area contributed by atoms with E-state index < -0.39 is 0 Å². The topological polar surface area (TPSA) is 21.3 Å². The van der Waals surface area contributed by atoms with Crippen LogP contribution in [-0.2, 0) is 6.54 Å². The van der Waals surface area contributed by atoms with Crippen LogP contribution in [0, 0.1) is 0 Å². The smallest absolute Gasteiger partial charge is 0.123 e. The Hall–Kier alpha value is -1.22. The zero-order valence-electron chi connectivity index (χ0n) is 12.2. The normalized spacial score (nSPS) is 12.2. The number of para-hydroxylation sites is 1. The summed E-state index contributed by atoms with van der Waals surface area (Å²) in [4.78, 5) is 0. The van der Waals surface area contributed by atoms with Gasteiger partial charge in [-0.2, -0.15) is 0 Å². The molecule has 0 saturated carbocycles. The summed E-state index contributed by atoms with van der Waals surface area (Å²) in [5, 5.41) is 4.65. The first-order chi connectivity index (χ1) is 10.1. The van der Waals surface area contributed by atoms with Crippen molar-refractivity contribution >= 4 is 23.2 Å². The second-order valence-corrected chi connectivity index (χ2v) is 5.57. The van der Waals surface area contributed by atoms with Crippen molar-refractivity contribution in [1.29, 1.82) is 0 Å². The fourth-order valence-corrected chi connectivity index (χ4v) is 2.65. The van der Waals surface area contributed by atoms with Gasteiger partial charge in [-0.15, -0.1) is 0 Å². The average Bonchev–Trinajstić information content (AvgIpc) is 2.49. The van der Waals surface area contributed by atoms with E-state index >= 15 is 0 Å². The van der Waals surface area contributed by atoms with Crippen LogP contribution in [0.1, 0.15) is 31.0 Å². The van der Waals surface area contributed by atoms with Gasteiger partial charge in [-0.05, 0) is 31.5 Å². The van der Waals surface area contributed by atoms with Gasteiger partial charge in [0, 0.05) is 18.2 Å². The van der Waals surface area contributed by atoms with Crippen LogP contribution in [0.25, 0.3) is 0 Å². The molecule has 2 rings (SSSR count). The molecule has 2 aromatic rings. The minimum absolute atomic E-state index is 0.103. The van der Waals surface area contributed by atoms with Crippen LogP contribution < -0.4 is 10.1 Å². The van der Waals surface area contributed by atoms with Crippen LogP contribution in [0.15, 0.2) is 42.5 Å². The predicted molar refractivity (Wildman–Crippen MR) is 89.3 cm³/mol. The Morgan fingerprint density at radius 1 is 1.10 bits per heavy atom. The first-order valence-electron chi connectivity index (χ1n) is 7.01.